The van der Waals surface area contributed by atoms with E-state index in [1.807, 2.05) is 0 Å². The molecule has 0 radical (unpaired) electrons. The van der Waals surface area contributed by atoms with Crippen LogP contribution in [0.3, 0.4) is 0 Å². The number of benzene rings is 2. The van der Waals surface area contributed by atoms with Crippen molar-refractivity contribution in [1.82, 2.24) is 10.9 Å². The van der Waals surface area contributed by atoms with E-state index in [9.17, 15) is 9.59 Å². The van der Waals surface area contributed by atoms with Crippen LogP contribution < -0.4 is 29.8 Å². The number of ether oxygens (including phenoxy) is 4. The van der Waals surface area contributed by atoms with Crippen molar-refractivity contribution in [2.24, 2.45) is 10.2 Å². The van der Waals surface area contributed by atoms with E-state index in [0.29, 0.717) is 34.1 Å². The first-order valence-corrected chi connectivity index (χ1v) is 8.62. The van der Waals surface area contributed by atoms with E-state index in [4.69, 9.17) is 18.9 Å². The Balaban J connectivity index is 1.97. The largest absolute Gasteiger partial charge is 0.497 e. The summed E-state index contributed by atoms with van der Waals surface area (Å²) in [5.41, 5.74) is 5.34. The van der Waals surface area contributed by atoms with Crippen LogP contribution in [0.25, 0.3) is 0 Å². The van der Waals surface area contributed by atoms with Gasteiger partial charge in [0.1, 0.15) is 23.0 Å². The molecule has 2 N–H and O–H groups in total. The predicted molar refractivity (Wildman–Crippen MR) is 111 cm³/mol. The highest BCUT2D eigenvalue weighted by Gasteiger charge is 2.12. The van der Waals surface area contributed by atoms with Gasteiger partial charge in [0.05, 0.1) is 40.9 Å². The fraction of sp³-hybridized carbons (Fsp3) is 0.200. The number of methoxy groups -OCH3 is 4. The van der Waals surface area contributed by atoms with Gasteiger partial charge in [-0.25, -0.2) is 10.9 Å². The maximum Gasteiger partial charge on any atom is 0.331 e. The monoisotopic (exact) mass is 414 g/mol. The lowest BCUT2D eigenvalue weighted by molar-refractivity contribution is -0.139. The molecule has 0 saturated carbocycles. The molecule has 2 aromatic rings. The molecule has 30 heavy (non-hydrogen) atoms. The molecule has 2 rings (SSSR count). The minimum absolute atomic E-state index is 0.523. The van der Waals surface area contributed by atoms with Gasteiger partial charge in [-0.1, -0.05) is 0 Å². The van der Waals surface area contributed by atoms with Gasteiger partial charge in [-0.15, -0.1) is 0 Å². The van der Waals surface area contributed by atoms with Gasteiger partial charge < -0.3 is 18.9 Å². The van der Waals surface area contributed by atoms with Crippen LogP contribution in [0.5, 0.6) is 23.0 Å². The number of carbonyl (C=O) groups excluding carboxylic acids is 2. The summed E-state index contributed by atoms with van der Waals surface area (Å²) in [6, 6.07) is 10.2. The van der Waals surface area contributed by atoms with E-state index in [-0.39, 0.29) is 0 Å². The molecule has 0 aliphatic carbocycles. The second-order valence-corrected chi connectivity index (χ2v) is 5.61. The summed E-state index contributed by atoms with van der Waals surface area (Å²) in [5, 5.41) is 7.51. The van der Waals surface area contributed by atoms with Crippen molar-refractivity contribution >= 4 is 24.2 Å². The summed E-state index contributed by atoms with van der Waals surface area (Å²) >= 11 is 0. The van der Waals surface area contributed by atoms with Crippen molar-refractivity contribution in [2.75, 3.05) is 28.4 Å². The first-order valence-electron chi connectivity index (χ1n) is 8.62. The van der Waals surface area contributed by atoms with Crippen LogP contribution in [0.1, 0.15) is 11.1 Å². The van der Waals surface area contributed by atoms with E-state index >= 15 is 0 Å². The molecular formula is C20H22N4O6. The molecule has 0 saturated heterocycles. The second-order valence-electron chi connectivity index (χ2n) is 5.61. The van der Waals surface area contributed by atoms with Gasteiger partial charge in [-0.05, 0) is 36.4 Å². The van der Waals surface area contributed by atoms with Gasteiger partial charge in [0.25, 0.3) is 0 Å². The molecule has 0 bridgehead atoms. The van der Waals surface area contributed by atoms with Crippen LogP contribution >= 0.6 is 0 Å². The highest BCUT2D eigenvalue weighted by atomic mass is 16.5. The van der Waals surface area contributed by atoms with Crippen molar-refractivity contribution < 1.29 is 28.5 Å². The van der Waals surface area contributed by atoms with Crippen molar-refractivity contribution in [1.29, 1.82) is 0 Å². The zero-order valence-corrected chi connectivity index (χ0v) is 17.0. The van der Waals surface area contributed by atoms with E-state index in [1.165, 1.54) is 40.9 Å². The predicted octanol–water partition coefficient (Wildman–Crippen LogP) is 1.32. The summed E-state index contributed by atoms with van der Waals surface area (Å²) in [6.45, 7) is 0. The molecule has 10 nitrogen and oxygen atoms in total. The molecule has 0 heterocycles. The molecule has 0 fully saturated rings. The minimum atomic E-state index is -0.997. The van der Waals surface area contributed by atoms with Crippen molar-refractivity contribution in [3.63, 3.8) is 0 Å². The molecular weight excluding hydrogens is 392 g/mol. The Labute approximate surface area is 173 Å². The van der Waals surface area contributed by atoms with Gasteiger partial charge in [0.15, 0.2) is 0 Å². The van der Waals surface area contributed by atoms with Gasteiger partial charge >= 0.3 is 11.8 Å². The molecule has 2 amide bonds. The molecule has 0 unspecified atom stereocenters. The summed E-state index contributed by atoms with van der Waals surface area (Å²) in [5.74, 6) is 0.225. The van der Waals surface area contributed by atoms with Crippen molar-refractivity contribution in [3.05, 3.63) is 47.5 Å². The highest BCUT2D eigenvalue weighted by Crippen LogP contribution is 2.23. The molecule has 10 heteroatoms. The Hall–Kier alpha value is -4.08. The first-order chi connectivity index (χ1) is 14.5. The fourth-order valence-corrected chi connectivity index (χ4v) is 2.30. The summed E-state index contributed by atoms with van der Waals surface area (Å²) in [6.07, 6.45) is 2.66. The average molecular weight is 414 g/mol. The number of nitrogens with zero attached hydrogens (tertiary/aromatic N) is 2. The number of hydrogen-bond acceptors (Lipinski definition) is 8. The van der Waals surface area contributed by atoms with Crippen LogP contribution in [-0.2, 0) is 9.59 Å². The van der Waals surface area contributed by atoms with Gasteiger partial charge in [-0.3, -0.25) is 9.59 Å². The topological polar surface area (TPSA) is 120 Å². The lowest BCUT2D eigenvalue weighted by atomic mass is 10.2. The number of hydrazone groups is 2. The van der Waals surface area contributed by atoms with Gasteiger partial charge in [-0.2, -0.15) is 10.2 Å². The van der Waals surface area contributed by atoms with Crippen molar-refractivity contribution in [3.8, 4) is 23.0 Å². The Bertz CT molecular complexity index is 881. The second kappa shape index (κ2) is 11.1. The highest BCUT2D eigenvalue weighted by molar-refractivity contribution is 6.35. The molecule has 158 valence electrons. The quantitative estimate of drug-likeness (QED) is 0.382. The third-order valence-corrected chi connectivity index (χ3v) is 3.82. The normalized spacial score (nSPS) is 10.7. The van der Waals surface area contributed by atoms with E-state index < -0.39 is 11.8 Å². The number of nitrogens with one attached hydrogen (secondary N) is 2. The van der Waals surface area contributed by atoms with Crippen LogP contribution in [0, 0.1) is 0 Å². The summed E-state index contributed by atoms with van der Waals surface area (Å²) in [4.78, 5) is 23.7. The SMILES string of the molecule is COc1ccc(OC)c(/C=N/NC(=O)C(=O)N/N=C/c2cc(OC)ccc2OC)c1. The van der Waals surface area contributed by atoms with Gasteiger partial charge in [0.2, 0.25) is 0 Å². The zero-order valence-electron chi connectivity index (χ0n) is 17.0. The van der Waals surface area contributed by atoms with Crippen LogP contribution in [-0.4, -0.2) is 52.7 Å². The Morgan fingerprint density at radius 3 is 1.43 bits per heavy atom. The van der Waals surface area contributed by atoms with Crippen LogP contribution in [0.2, 0.25) is 0 Å². The Morgan fingerprint density at radius 2 is 1.10 bits per heavy atom. The molecule has 0 atom stereocenters. The Kier molecular flexibility index (Phi) is 8.18. The minimum Gasteiger partial charge on any atom is -0.497 e. The number of amides is 2. The standard InChI is InChI=1S/C20H22N4O6/c1-27-15-5-7-17(29-3)13(9-15)11-21-23-19(25)20(26)24-22-12-14-10-16(28-2)6-8-18(14)30-4/h5-12H,1-4H3,(H,23,25)(H,24,26)/b21-11+,22-12+. The smallest absolute Gasteiger partial charge is 0.331 e. The lowest BCUT2D eigenvalue weighted by Crippen LogP contribution is -2.35. The zero-order chi connectivity index (χ0) is 21.9. The molecule has 0 aliphatic rings. The Morgan fingerprint density at radius 1 is 0.700 bits per heavy atom. The van der Waals surface area contributed by atoms with Crippen LogP contribution in [0.4, 0.5) is 0 Å². The number of rotatable bonds is 8. The lowest BCUT2D eigenvalue weighted by Gasteiger charge is -2.07. The van der Waals surface area contributed by atoms with E-state index in [2.05, 4.69) is 21.1 Å². The van der Waals surface area contributed by atoms with E-state index in [0.717, 1.165) is 0 Å². The first kappa shape index (κ1) is 22.2. The molecule has 0 aromatic heterocycles. The maximum atomic E-state index is 11.9. The summed E-state index contributed by atoms with van der Waals surface area (Å²) in [7, 11) is 6.05. The number of carbonyl (C=O) groups is 2. The third kappa shape index (κ3) is 5.96. The average Bonchev–Trinajstić information content (AvgIpc) is 2.78. The fourth-order valence-electron chi connectivity index (χ4n) is 2.30. The molecule has 0 spiro atoms. The number of hydrogen-bond donors (Lipinski definition) is 2. The third-order valence-electron chi connectivity index (χ3n) is 3.82. The maximum absolute atomic E-state index is 11.9. The molecule has 2 aromatic carbocycles. The van der Waals surface area contributed by atoms with Crippen LogP contribution in [0.15, 0.2) is 46.6 Å². The van der Waals surface area contributed by atoms with E-state index in [1.54, 1.807) is 36.4 Å². The van der Waals surface area contributed by atoms with Gasteiger partial charge in [0, 0.05) is 11.1 Å². The molecule has 0 aliphatic heterocycles. The van der Waals surface area contributed by atoms with Crippen molar-refractivity contribution in [2.45, 2.75) is 0 Å². The summed E-state index contributed by atoms with van der Waals surface area (Å²) < 4.78 is 20.7.